The number of ether oxygens (including phenoxy) is 2. The van der Waals surface area contributed by atoms with E-state index in [4.69, 9.17) is 9.47 Å². The molecule has 0 bridgehead atoms. The van der Waals surface area contributed by atoms with E-state index in [1.807, 2.05) is 62.5 Å². The number of hydrogen-bond acceptors (Lipinski definition) is 4. The lowest BCUT2D eigenvalue weighted by atomic mass is 9.86. The minimum absolute atomic E-state index is 0.0434. The van der Waals surface area contributed by atoms with Crippen molar-refractivity contribution in [2.24, 2.45) is 0 Å². The number of para-hydroxylation sites is 2. The van der Waals surface area contributed by atoms with Crippen LogP contribution in [0, 0.1) is 6.92 Å². The van der Waals surface area contributed by atoms with Crippen LogP contribution in [0.4, 0.5) is 5.82 Å². The van der Waals surface area contributed by atoms with E-state index >= 15 is 0 Å². The molecule has 3 aromatic rings. The Balaban J connectivity index is 1.86. The largest absolute Gasteiger partial charge is 0.493 e. The smallest absolute Gasteiger partial charge is 0.226 e. The maximum Gasteiger partial charge on any atom is 0.226 e. The molecule has 28 heavy (non-hydrogen) atoms. The van der Waals surface area contributed by atoms with E-state index in [1.54, 1.807) is 11.8 Å². The fourth-order valence-electron chi connectivity index (χ4n) is 3.75. The van der Waals surface area contributed by atoms with Gasteiger partial charge in [-0.1, -0.05) is 30.3 Å². The van der Waals surface area contributed by atoms with Gasteiger partial charge in [-0.05, 0) is 31.5 Å². The van der Waals surface area contributed by atoms with Crippen molar-refractivity contribution in [1.29, 1.82) is 0 Å². The van der Waals surface area contributed by atoms with E-state index in [-0.39, 0.29) is 11.8 Å². The normalized spacial score (nSPS) is 15.7. The van der Waals surface area contributed by atoms with Crippen molar-refractivity contribution in [3.05, 3.63) is 65.4 Å². The second kappa shape index (κ2) is 7.38. The predicted molar refractivity (Wildman–Crippen MR) is 108 cm³/mol. The van der Waals surface area contributed by atoms with Crippen molar-refractivity contribution < 1.29 is 14.3 Å². The molecule has 2 aromatic carbocycles. The lowest BCUT2D eigenvalue weighted by Gasteiger charge is -2.26. The zero-order valence-corrected chi connectivity index (χ0v) is 16.2. The van der Waals surface area contributed by atoms with Crippen molar-refractivity contribution in [2.45, 2.75) is 26.2 Å². The molecule has 0 spiro atoms. The van der Waals surface area contributed by atoms with Gasteiger partial charge in [-0.25, -0.2) is 4.68 Å². The van der Waals surface area contributed by atoms with Crippen LogP contribution in [0.15, 0.2) is 48.7 Å². The topological polar surface area (TPSA) is 65.4 Å². The van der Waals surface area contributed by atoms with Crippen LogP contribution in [0.5, 0.6) is 11.5 Å². The first kappa shape index (κ1) is 18.1. The molecule has 0 radical (unpaired) electrons. The lowest BCUT2D eigenvalue weighted by Crippen LogP contribution is -2.25. The second-order valence-corrected chi connectivity index (χ2v) is 6.76. The number of carbonyl (C=O) groups excluding carboxylic acids is 1. The summed E-state index contributed by atoms with van der Waals surface area (Å²) in [5, 5.41) is 7.59. The average Bonchev–Trinajstić information content (AvgIpc) is 3.11. The summed E-state index contributed by atoms with van der Waals surface area (Å²) in [5.74, 6) is 1.86. The van der Waals surface area contributed by atoms with Gasteiger partial charge < -0.3 is 14.8 Å². The zero-order valence-electron chi connectivity index (χ0n) is 16.2. The summed E-state index contributed by atoms with van der Waals surface area (Å²) in [7, 11) is 1.62. The Bertz CT molecular complexity index is 1030. The lowest BCUT2D eigenvalue weighted by molar-refractivity contribution is -0.116. The van der Waals surface area contributed by atoms with Gasteiger partial charge in [0.2, 0.25) is 5.91 Å². The number of aromatic nitrogens is 2. The van der Waals surface area contributed by atoms with Gasteiger partial charge in [0.1, 0.15) is 5.82 Å². The van der Waals surface area contributed by atoms with Gasteiger partial charge in [0, 0.05) is 23.5 Å². The fourth-order valence-corrected chi connectivity index (χ4v) is 3.75. The van der Waals surface area contributed by atoms with Crippen LogP contribution in [0.25, 0.3) is 5.69 Å². The molecule has 0 saturated heterocycles. The molecule has 1 amide bonds. The van der Waals surface area contributed by atoms with Crippen molar-refractivity contribution in [2.75, 3.05) is 19.0 Å². The van der Waals surface area contributed by atoms with E-state index in [2.05, 4.69) is 10.4 Å². The molecule has 1 atom stereocenters. The number of carbonyl (C=O) groups is 1. The summed E-state index contributed by atoms with van der Waals surface area (Å²) in [6.07, 6.45) is 2.17. The average molecular weight is 377 g/mol. The molecule has 144 valence electrons. The third-order valence-electron chi connectivity index (χ3n) is 5.06. The zero-order chi connectivity index (χ0) is 19.7. The summed E-state index contributed by atoms with van der Waals surface area (Å²) >= 11 is 0. The molecule has 1 aromatic heterocycles. The summed E-state index contributed by atoms with van der Waals surface area (Å²) in [4.78, 5) is 12.6. The molecule has 1 N–H and O–H groups in total. The third-order valence-corrected chi connectivity index (χ3v) is 5.06. The number of nitrogens with one attached hydrogen (secondary N) is 1. The minimum atomic E-state index is -0.154. The number of rotatable bonds is 5. The highest BCUT2D eigenvalue weighted by Crippen LogP contribution is 2.44. The van der Waals surface area contributed by atoms with Crippen LogP contribution < -0.4 is 14.8 Å². The number of nitrogens with zero attached hydrogens (tertiary/aromatic N) is 2. The van der Waals surface area contributed by atoms with E-state index in [0.29, 0.717) is 30.3 Å². The van der Waals surface area contributed by atoms with Crippen LogP contribution in [-0.2, 0) is 4.79 Å². The maximum atomic E-state index is 12.6. The second-order valence-electron chi connectivity index (χ2n) is 6.76. The first-order chi connectivity index (χ1) is 13.6. The highest BCUT2D eigenvalue weighted by atomic mass is 16.5. The molecular weight excluding hydrogens is 354 g/mol. The first-order valence-electron chi connectivity index (χ1n) is 9.37. The molecular formula is C22H23N3O3. The van der Waals surface area contributed by atoms with Crippen molar-refractivity contribution in [1.82, 2.24) is 9.78 Å². The fraction of sp³-hybridized carbons (Fsp3) is 0.273. The highest BCUT2D eigenvalue weighted by molar-refractivity contribution is 5.95. The SMILES string of the molecule is CCOc1c(OC)cccc1C1CC(=O)Nc2c1cnn2-c1ccccc1C. The monoisotopic (exact) mass is 377 g/mol. The van der Waals surface area contributed by atoms with Crippen LogP contribution >= 0.6 is 0 Å². The van der Waals surface area contributed by atoms with Gasteiger partial charge in [0.05, 0.1) is 25.6 Å². The number of benzene rings is 2. The first-order valence-corrected chi connectivity index (χ1v) is 9.37. The van der Waals surface area contributed by atoms with E-state index in [1.165, 1.54) is 0 Å². The van der Waals surface area contributed by atoms with Crippen molar-refractivity contribution in [3.8, 4) is 17.2 Å². The molecule has 6 heteroatoms. The number of amides is 1. The van der Waals surface area contributed by atoms with Gasteiger partial charge in [0.15, 0.2) is 11.5 Å². The third kappa shape index (κ3) is 3.01. The summed E-state index contributed by atoms with van der Waals surface area (Å²) < 4.78 is 13.2. The van der Waals surface area contributed by atoms with Crippen LogP contribution in [0.3, 0.4) is 0 Å². The quantitative estimate of drug-likeness (QED) is 0.728. The molecule has 1 aliphatic rings. The Morgan fingerprint density at radius 2 is 2.00 bits per heavy atom. The van der Waals surface area contributed by atoms with Crippen molar-refractivity contribution >= 4 is 11.7 Å². The molecule has 1 aliphatic heterocycles. The Hall–Kier alpha value is -3.28. The summed E-state index contributed by atoms with van der Waals surface area (Å²) in [6.45, 7) is 4.48. The summed E-state index contributed by atoms with van der Waals surface area (Å²) in [5.41, 5.74) is 3.93. The standard InChI is InChI=1S/C22H23N3O3/c1-4-28-21-15(9-7-11-19(21)27-3)16-12-20(26)24-22-17(16)13-23-25(22)18-10-6-5-8-14(18)2/h5-11,13,16H,4,12H2,1-3H3,(H,24,26). The maximum absolute atomic E-state index is 12.6. The van der Waals surface area contributed by atoms with Gasteiger partial charge in [-0.2, -0.15) is 5.10 Å². The number of fused-ring (bicyclic) bond motifs is 1. The predicted octanol–water partition coefficient (Wildman–Crippen LogP) is 4.06. The van der Waals surface area contributed by atoms with Crippen LogP contribution in [0.1, 0.15) is 36.0 Å². The Labute approximate surface area is 164 Å². The molecule has 0 fully saturated rings. The number of methoxy groups -OCH3 is 1. The van der Waals surface area contributed by atoms with E-state index in [0.717, 1.165) is 22.4 Å². The van der Waals surface area contributed by atoms with Gasteiger partial charge in [0.25, 0.3) is 0 Å². The Kier molecular flexibility index (Phi) is 4.77. The molecule has 4 rings (SSSR count). The van der Waals surface area contributed by atoms with Crippen molar-refractivity contribution in [3.63, 3.8) is 0 Å². The van der Waals surface area contributed by atoms with Gasteiger partial charge >= 0.3 is 0 Å². The minimum Gasteiger partial charge on any atom is -0.493 e. The van der Waals surface area contributed by atoms with Gasteiger partial charge in [-0.15, -0.1) is 0 Å². The molecule has 2 heterocycles. The van der Waals surface area contributed by atoms with Crippen LogP contribution in [0.2, 0.25) is 0 Å². The van der Waals surface area contributed by atoms with E-state index < -0.39 is 0 Å². The molecule has 6 nitrogen and oxygen atoms in total. The molecule has 1 unspecified atom stereocenters. The van der Waals surface area contributed by atoms with E-state index in [9.17, 15) is 4.79 Å². The molecule has 0 aliphatic carbocycles. The number of aryl methyl sites for hydroxylation is 1. The number of anilines is 1. The highest BCUT2D eigenvalue weighted by Gasteiger charge is 2.33. The Morgan fingerprint density at radius 3 is 2.75 bits per heavy atom. The van der Waals surface area contributed by atoms with Gasteiger partial charge in [-0.3, -0.25) is 4.79 Å². The summed E-state index contributed by atoms with van der Waals surface area (Å²) in [6, 6.07) is 13.8. The number of hydrogen-bond donors (Lipinski definition) is 1. The molecule has 0 saturated carbocycles. The van der Waals surface area contributed by atoms with Crippen LogP contribution in [-0.4, -0.2) is 29.4 Å². The Morgan fingerprint density at radius 1 is 1.18 bits per heavy atom.